The van der Waals surface area contributed by atoms with Crippen molar-refractivity contribution in [3.8, 4) is 0 Å². The van der Waals surface area contributed by atoms with Crippen LogP contribution in [0.4, 0.5) is 5.69 Å². The van der Waals surface area contributed by atoms with Gasteiger partial charge in [-0.2, -0.15) is 0 Å². The molecule has 0 aliphatic carbocycles. The fraction of sp³-hybridized carbons (Fsp3) is 0.133. The molecule has 0 bridgehead atoms. The van der Waals surface area contributed by atoms with Crippen molar-refractivity contribution in [3.63, 3.8) is 0 Å². The summed E-state index contributed by atoms with van der Waals surface area (Å²) in [6, 6.07) is 10.4. The van der Waals surface area contributed by atoms with Crippen molar-refractivity contribution in [2.45, 2.75) is 0 Å². The zero-order chi connectivity index (χ0) is 15.5. The first-order chi connectivity index (χ1) is 10.6. The highest BCUT2D eigenvalue weighted by Gasteiger charge is 2.17. The Morgan fingerprint density at radius 3 is 2.73 bits per heavy atom. The number of amidine groups is 1. The van der Waals surface area contributed by atoms with Crippen LogP contribution >= 0.6 is 0 Å². The highest BCUT2D eigenvalue weighted by Crippen LogP contribution is 2.13. The third-order valence-electron chi connectivity index (χ3n) is 3.18. The van der Waals surface area contributed by atoms with Gasteiger partial charge in [0.25, 0.3) is 11.8 Å². The van der Waals surface area contributed by atoms with Gasteiger partial charge in [0.2, 0.25) is 0 Å². The summed E-state index contributed by atoms with van der Waals surface area (Å²) < 4.78 is 5.03. The van der Waals surface area contributed by atoms with Gasteiger partial charge in [0, 0.05) is 18.3 Å². The fourth-order valence-electron chi connectivity index (χ4n) is 1.98. The van der Waals surface area contributed by atoms with Crippen molar-refractivity contribution in [2.75, 3.05) is 18.9 Å². The highest BCUT2D eigenvalue weighted by molar-refractivity contribution is 6.04. The molecule has 0 atom stereocenters. The number of likely N-dealkylation sites (N-methyl/N-ethyl adjacent to an activating group) is 1. The maximum Gasteiger partial charge on any atom is 0.291 e. The summed E-state index contributed by atoms with van der Waals surface area (Å²) in [6.45, 7) is 0.121. The molecule has 0 radical (unpaired) electrons. The molecular weight excluding hydrogens is 284 g/mol. The Kier molecular flexibility index (Phi) is 3.61. The molecule has 2 heterocycles. The lowest BCUT2D eigenvalue weighted by molar-refractivity contribution is -0.130. The topological polar surface area (TPSA) is 86.9 Å². The van der Waals surface area contributed by atoms with Gasteiger partial charge in [-0.05, 0) is 36.4 Å². The molecule has 3 rings (SSSR count). The molecule has 1 aliphatic heterocycles. The standard InChI is InChI=1S/C15H14N4O3/c1-19-13(20)9-16-14(18-19)10-4-6-11(7-5-10)17-15(21)12-3-2-8-22-12/h2-8H,9H2,1H3,(H,16,18)(H,17,21). The third kappa shape index (κ3) is 2.83. The fourth-order valence-corrected chi connectivity index (χ4v) is 1.98. The Balaban J connectivity index is 1.71. The van der Waals surface area contributed by atoms with Crippen LogP contribution in [0.5, 0.6) is 0 Å². The predicted octanol–water partition coefficient (Wildman–Crippen LogP) is 1.26. The minimum Gasteiger partial charge on any atom is -0.459 e. The van der Waals surface area contributed by atoms with Gasteiger partial charge in [0.05, 0.1) is 6.26 Å². The van der Waals surface area contributed by atoms with Crippen molar-refractivity contribution in [1.29, 1.82) is 0 Å². The number of nitrogens with one attached hydrogen (secondary N) is 2. The maximum absolute atomic E-state index is 11.9. The Bertz CT molecular complexity index is 720. The first-order valence-corrected chi connectivity index (χ1v) is 6.66. The first kappa shape index (κ1) is 13.9. The average molecular weight is 298 g/mol. The van der Waals surface area contributed by atoms with E-state index in [0.29, 0.717) is 11.5 Å². The van der Waals surface area contributed by atoms with Crippen LogP contribution in [-0.4, -0.2) is 36.3 Å². The second-order valence-corrected chi connectivity index (χ2v) is 4.74. The molecule has 2 amide bonds. The predicted molar refractivity (Wildman–Crippen MR) is 80.4 cm³/mol. The van der Waals surface area contributed by atoms with E-state index in [1.807, 2.05) is 12.1 Å². The lowest BCUT2D eigenvalue weighted by atomic mass is 10.2. The summed E-state index contributed by atoms with van der Waals surface area (Å²) in [4.78, 5) is 27.4. The molecule has 2 aromatic rings. The number of furan rings is 1. The van der Waals surface area contributed by atoms with Crippen molar-refractivity contribution in [2.24, 2.45) is 4.99 Å². The molecule has 112 valence electrons. The molecule has 2 N–H and O–H groups in total. The van der Waals surface area contributed by atoms with E-state index in [1.54, 1.807) is 31.3 Å². The van der Waals surface area contributed by atoms with E-state index in [0.717, 1.165) is 5.56 Å². The van der Waals surface area contributed by atoms with Crippen molar-refractivity contribution in [3.05, 3.63) is 54.0 Å². The molecule has 22 heavy (non-hydrogen) atoms. The summed E-state index contributed by atoms with van der Waals surface area (Å²) in [6.07, 6.45) is 1.45. The Morgan fingerprint density at radius 1 is 1.32 bits per heavy atom. The van der Waals surface area contributed by atoms with Crippen molar-refractivity contribution < 1.29 is 14.0 Å². The first-order valence-electron chi connectivity index (χ1n) is 6.66. The minimum atomic E-state index is -0.309. The zero-order valence-electron chi connectivity index (χ0n) is 11.9. The summed E-state index contributed by atoms with van der Waals surface area (Å²) in [7, 11) is 1.65. The van der Waals surface area contributed by atoms with E-state index in [1.165, 1.54) is 11.3 Å². The van der Waals surface area contributed by atoms with E-state index in [-0.39, 0.29) is 24.1 Å². The minimum absolute atomic E-state index is 0.0916. The smallest absolute Gasteiger partial charge is 0.291 e. The molecule has 1 aliphatic rings. The quantitative estimate of drug-likeness (QED) is 0.893. The highest BCUT2D eigenvalue weighted by atomic mass is 16.3. The summed E-state index contributed by atoms with van der Waals surface area (Å²) in [5.74, 6) is 0.468. The van der Waals surface area contributed by atoms with E-state index >= 15 is 0 Å². The molecule has 1 aromatic heterocycles. The molecule has 0 fully saturated rings. The summed E-state index contributed by atoms with van der Waals surface area (Å²) in [5, 5.41) is 4.13. The molecule has 7 heteroatoms. The number of anilines is 1. The molecule has 0 unspecified atom stereocenters. The van der Waals surface area contributed by atoms with Crippen LogP contribution in [0.15, 0.2) is 52.1 Å². The Morgan fingerprint density at radius 2 is 2.09 bits per heavy atom. The van der Waals surface area contributed by atoms with Gasteiger partial charge in [-0.3, -0.25) is 25.0 Å². The summed E-state index contributed by atoms with van der Waals surface area (Å²) >= 11 is 0. The number of hydrogen-bond donors (Lipinski definition) is 2. The van der Waals surface area contributed by atoms with Crippen molar-refractivity contribution in [1.82, 2.24) is 10.4 Å². The second kappa shape index (κ2) is 5.72. The molecule has 0 saturated heterocycles. The Labute approximate surface area is 126 Å². The molecular formula is C15H14N4O3. The normalized spacial score (nSPS) is 14.3. The van der Waals surface area contributed by atoms with Crippen LogP contribution in [0.1, 0.15) is 16.1 Å². The number of rotatable bonds is 3. The maximum atomic E-state index is 11.9. The number of carbonyl (C=O) groups excluding carboxylic acids is 2. The lowest BCUT2D eigenvalue weighted by Crippen LogP contribution is -2.48. The van der Waals surface area contributed by atoms with Gasteiger partial charge < -0.3 is 9.73 Å². The number of aliphatic imine (C=N–C) groups is 1. The molecule has 7 nitrogen and oxygen atoms in total. The van der Waals surface area contributed by atoms with E-state index in [4.69, 9.17) is 4.42 Å². The van der Waals surface area contributed by atoms with E-state index in [9.17, 15) is 9.59 Å². The zero-order valence-corrected chi connectivity index (χ0v) is 11.9. The van der Waals surface area contributed by atoms with Crippen LogP contribution in [0.3, 0.4) is 0 Å². The van der Waals surface area contributed by atoms with Crippen LogP contribution in [0.25, 0.3) is 0 Å². The summed E-state index contributed by atoms with van der Waals surface area (Å²) in [5.41, 5.74) is 4.37. The average Bonchev–Trinajstić information content (AvgIpc) is 3.05. The van der Waals surface area contributed by atoms with Crippen LogP contribution in [-0.2, 0) is 4.79 Å². The SMILES string of the molecule is CN1NC(c2ccc(NC(=O)c3ccco3)cc2)=NCC1=O. The second-order valence-electron chi connectivity index (χ2n) is 4.74. The van der Waals surface area contributed by atoms with Gasteiger partial charge in [0.1, 0.15) is 12.4 Å². The molecule has 0 spiro atoms. The van der Waals surface area contributed by atoms with E-state index < -0.39 is 0 Å². The number of hydrazine groups is 1. The molecule has 1 aromatic carbocycles. The van der Waals surface area contributed by atoms with Crippen molar-refractivity contribution >= 4 is 23.3 Å². The Hall–Kier alpha value is -3.09. The van der Waals surface area contributed by atoms with E-state index in [2.05, 4.69) is 15.7 Å². The van der Waals surface area contributed by atoms with Crippen LogP contribution in [0.2, 0.25) is 0 Å². The number of hydrogen-bond acceptors (Lipinski definition) is 5. The largest absolute Gasteiger partial charge is 0.459 e. The number of nitrogens with zero attached hydrogens (tertiary/aromatic N) is 2. The van der Waals surface area contributed by atoms with Crippen LogP contribution < -0.4 is 10.7 Å². The van der Waals surface area contributed by atoms with Gasteiger partial charge in [-0.25, -0.2) is 0 Å². The number of carbonyl (C=O) groups is 2. The van der Waals surface area contributed by atoms with Gasteiger partial charge in [-0.15, -0.1) is 0 Å². The lowest BCUT2D eigenvalue weighted by Gasteiger charge is -2.24. The number of benzene rings is 1. The van der Waals surface area contributed by atoms with Gasteiger partial charge in [-0.1, -0.05) is 0 Å². The molecule has 0 saturated carbocycles. The van der Waals surface area contributed by atoms with Gasteiger partial charge >= 0.3 is 0 Å². The monoisotopic (exact) mass is 298 g/mol. The van der Waals surface area contributed by atoms with Crippen LogP contribution in [0, 0.1) is 0 Å². The number of amides is 2. The van der Waals surface area contributed by atoms with Gasteiger partial charge in [0.15, 0.2) is 5.76 Å². The third-order valence-corrected chi connectivity index (χ3v) is 3.18.